The molecule has 1 N–H and O–H groups in total. The molecule has 1 saturated heterocycles. The Hall–Kier alpha value is -3.93. The number of aryl methyl sites for hydroxylation is 1. The van der Waals surface area contributed by atoms with E-state index in [1.54, 1.807) is 29.8 Å². The number of pyridine rings is 1. The molecule has 0 aliphatic carbocycles. The molecule has 0 saturated carbocycles. The molecule has 1 aliphatic rings. The first-order valence-electron chi connectivity index (χ1n) is 16.1. The molecule has 0 unspecified atom stereocenters. The summed E-state index contributed by atoms with van der Waals surface area (Å²) in [5, 5.41) is 0.855. The van der Waals surface area contributed by atoms with Gasteiger partial charge in [0.2, 0.25) is 0 Å². The Morgan fingerprint density at radius 2 is 1.86 bits per heavy atom. The number of esters is 1. The third-order valence-corrected chi connectivity index (χ3v) is 10.6. The van der Waals surface area contributed by atoms with Crippen LogP contribution in [0.4, 0.5) is 11.5 Å². The molecule has 2 aromatic carbocycles. The van der Waals surface area contributed by atoms with Crippen LogP contribution in [-0.4, -0.2) is 69.7 Å². The lowest BCUT2D eigenvalue weighted by molar-refractivity contribution is 0.0202. The number of carbonyl (C=O) groups is 1. The van der Waals surface area contributed by atoms with E-state index in [0.717, 1.165) is 59.7 Å². The minimum Gasteiger partial charge on any atom is -0.491 e. The maximum atomic E-state index is 13.1. The molecule has 15 heteroatoms. The van der Waals surface area contributed by atoms with E-state index in [2.05, 4.69) is 53.8 Å². The van der Waals surface area contributed by atoms with Gasteiger partial charge in [-0.3, -0.25) is 8.77 Å². The van der Waals surface area contributed by atoms with Crippen LogP contribution < -0.4 is 24.7 Å². The predicted molar refractivity (Wildman–Crippen MR) is 208 cm³/mol. The lowest BCUT2D eigenvalue weighted by atomic mass is 10.0. The third-order valence-electron chi connectivity index (χ3n) is 8.20. The van der Waals surface area contributed by atoms with Crippen molar-refractivity contribution in [1.82, 2.24) is 18.5 Å². The number of halogens is 1. The Balaban J connectivity index is 1.08. The number of carbonyl (C=O) groups excluding carboxylic acids is 1. The van der Waals surface area contributed by atoms with Gasteiger partial charge in [0, 0.05) is 96.9 Å². The molecular weight excluding hydrogens is 791 g/mol. The van der Waals surface area contributed by atoms with Crippen LogP contribution in [0.25, 0.3) is 22.0 Å². The number of piperidine rings is 1. The van der Waals surface area contributed by atoms with Crippen molar-refractivity contribution in [2.45, 2.75) is 25.9 Å². The minimum absolute atomic E-state index is 0.0609. The van der Waals surface area contributed by atoms with Crippen LogP contribution >= 0.6 is 42.3 Å². The number of methoxy groups -OCH3 is 1. The molecule has 0 amide bonds. The number of ether oxygens (including phenoxy) is 4. The zero-order chi connectivity index (χ0) is 35.0. The van der Waals surface area contributed by atoms with E-state index >= 15 is 0 Å². The average Bonchev–Trinajstić information content (AvgIpc) is 3.59. The van der Waals surface area contributed by atoms with E-state index in [1.165, 1.54) is 22.4 Å². The molecule has 5 aromatic rings. The Bertz CT molecular complexity index is 2000. The Morgan fingerprint density at radius 1 is 1.04 bits per heavy atom. The second-order valence-electron chi connectivity index (χ2n) is 11.4. The summed E-state index contributed by atoms with van der Waals surface area (Å²) in [7, 11) is 4.55. The van der Waals surface area contributed by atoms with Crippen molar-refractivity contribution in [2.24, 2.45) is 7.05 Å². The SMILES string of the molecule is CCSNc1ccc(Oc2cccc(OCCOC3CCN(c4cnc(C(=O)OC)cn4)CC3)c2)c(-c2cn(C)c(=O)c3c2ccn3SI)c1. The lowest BCUT2D eigenvalue weighted by Gasteiger charge is -2.32. The molecule has 0 bridgehead atoms. The zero-order valence-corrected chi connectivity index (χ0v) is 31.6. The maximum absolute atomic E-state index is 13.1. The summed E-state index contributed by atoms with van der Waals surface area (Å²) >= 11 is 3.80. The van der Waals surface area contributed by atoms with E-state index < -0.39 is 5.97 Å². The summed E-state index contributed by atoms with van der Waals surface area (Å²) in [6.45, 7) is 4.50. The topological polar surface area (TPSA) is 122 Å². The Morgan fingerprint density at radius 3 is 2.60 bits per heavy atom. The van der Waals surface area contributed by atoms with Crippen LogP contribution in [0.2, 0.25) is 0 Å². The van der Waals surface area contributed by atoms with Crippen molar-refractivity contribution in [2.75, 3.05) is 48.8 Å². The first-order valence-corrected chi connectivity index (χ1v) is 20.4. The molecule has 1 fully saturated rings. The van der Waals surface area contributed by atoms with Gasteiger partial charge in [-0.1, -0.05) is 24.9 Å². The average molecular weight is 829 g/mol. The fraction of sp³-hybridized carbons (Fsp3) is 0.314. The lowest BCUT2D eigenvalue weighted by Crippen LogP contribution is -2.38. The van der Waals surface area contributed by atoms with Gasteiger partial charge in [0.05, 0.1) is 32.2 Å². The number of nitrogens with one attached hydrogen (secondary N) is 1. The van der Waals surface area contributed by atoms with Gasteiger partial charge in [-0.05, 0) is 49.2 Å². The molecule has 0 atom stereocenters. The number of rotatable bonds is 14. The molecule has 0 spiro atoms. The number of nitrogens with zero attached hydrogens (tertiary/aromatic N) is 5. The molecule has 1 aliphatic heterocycles. The van der Waals surface area contributed by atoms with Crippen molar-refractivity contribution >= 4 is 70.7 Å². The Labute approximate surface area is 310 Å². The molecule has 12 nitrogen and oxygen atoms in total. The van der Waals surface area contributed by atoms with Crippen LogP contribution in [0.15, 0.2) is 78.1 Å². The van der Waals surface area contributed by atoms with Gasteiger partial charge in [0.15, 0.2) is 5.69 Å². The molecule has 0 radical (unpaired) electrons. The minimum atomic E-state index is -0.502. The highest BCUT2D eigenvalue weighted by atomic mass is 127. The van der Waals surface area contributed by atoms with Gasteiger partial charge in [0.1, 0.15) is 35.2 Å². The second-order valence-corrected chi connectivity index (χ2v) is 14.2. The van der Waals surface area contributed by atoms with Crippen molar-refractivity contribution in [3.63, 3.8) is 0 Å². The highest BCUT2D eigenvalue weighted by molar-refractivity contribution is 14.2. The number of hydrogen-bond donors (Lipinski definition) is 1. The standard InChI is InChI=1S/C35H37IN6O6S2/c1-4-49-39-23-8-9-31(28(18-23)29-22-40(2)34(43)33-27(29)12-15-42(33)50-36)48-26-7-5-6-25(19-26)47-17-16-46-24-10-13-41(14-11-24)32-21-37-30(20-38-32)35(44)45-3/h5-9,12,15,18-22,24,39H,4,10-11,13-14,16-17H2,1-3H3. The first kappa shape index (κ1) is 35.9. The highest BCUT2D eigenvalue weighted by Gasteiger charge is 2.22. The van der Waals surface area contributed by atoms with Crippen molar-refractivity contribution in [1.29, 1.82) is 0 Å². The predicted octanol–water partition coefficient (Wildman–Crippen LogP) is 7.37. The highest BCUT2D eigenvalue weighted by Crippen LogP contribution is 2.40. The van der Waals surface area contributed by atoms with Crippen LogP contribution in [0, 0.1) is 0 Å². The van der Waals surface area contributed by atoms with Crippen molar-refractivity contribution < 1.29 is 23.7 Å². The zero-order valence-electron chi connectivity index (χ0n) is 27.8. The van der Waals surface area contributed by atoms with E-state index in [9.17, 15) is 9.59 Å². The number of aromatic nitrogens is 4. The fourth-order valence-corrected chi connectivity index (χ4v) is 7.50. The van der Waals surface area contributed by atoms with Gasteiger partial charge in [-0.2, -0.15) is 0 Å². The summed E-state index contributed by atoms with van der Waals surface area (Å²) in [6, 6.07) is 15.5. The number of benzene rings is 2. The monoisotopic (exact) mass is 828 g/mol. The van der Waals surface area contributed by atoms with Gasteiger partial charge in [-0.25, -0.2) is 14.8 Å². The van der Waals surface area contributed by atoms with Gasteiger partial charge < -0.3 is 33.1 Å². The third kappa shape index (κ3) is 8.33. The number of fused-ring (bicyclic) bond motifs is 1. The van der Waals surface area contributed by atoms with E-state index in [4.69, 9.17) is 18.9 Å². The molecule has 262 valence electrons. The van der Waals surface area contributed by atoms with Crippen LogP contribution in [0.1, 0.15) is 30.3 Å². The molecular formula is C35H37IN6O6S2. The van der Waals surface area contributed by atoms with Crippen LogP contribution in [0.5, 0.6) is 17.2 Å². The second kappa shape index (κ2) is 16.9. The summed E-state index contributed by atoms with van der Waals surface area (Å²) in [6.07, 6.45) is 8.65. The van der Waals surface area contributed by atoms with Gasteiger partial charge in [-0.15, -0.1) is 0 Å². The quantitative estimate of drug-likeness (QED) is 0.0521. The summed E-state index contributed by atoms with van der Waals surface area (Å²) < 4.78 is 30.3. The van der Waals surface area contributed by atoms with E-state index in [0.29, 0.717) is 36.0 Å². The normalized spacial score (nSPS) is 13.4. The summed E-state index contributed by atoms with van der Waals surface area (Å²) in [5.41, 5.74) is 3.45. The Kier molecular flexibility index (Phi) is 12.1. The molecule has 50 heavy (non-hydrogen) atoms. The number of anilines is 2. The van der Waals surface area contributed by atoms with Crippen LogP contribution in [0.3, 0.4) is 0 Å². The maximum Gasteiger partial charge on any atom is 0.358 e. The molecule has 6 rings (SSSR count). The van der Waals surface area contributed by atoms with Gasteiger partial charge >= 0.3 is 5.97 Å². The van der Waals surface area contributed by atoms with Crippen LogP contribution in [-0.2, 0) is 16.5 Å². The van der Waals surface area contributed by atoms with Gasteiger partial charge in [0.25, 0.3) is 5.56 Å². The fourth-order valence-electron chi connectivity index (χ4n) is 5.73. The van der Waals surface area contributed by atoms with E-state index in [1.807, 2.05) is 58.8 Å². The first-order chi connectivity index (χ1) is 24.4. The number of hydrogen-bond acceptors (Lipinski definition) is 12. The van der Waals surface area contributed by atoms with Crippen molar-refractivity contribution in [3.8, 4) is 28.4 Å². The smallest absolute Gasteiger partial charge is 0.358 e. The largest absolute Gasteiger partial charge is 0.491 e. The summed E-state index contributed by atoms with van der Waals surface area (Å²) in [4.78, 5) is 35.4. The molecule has 3 aromatic heterocycles. The summed E-state index contributed by atoms with van der Waals surface area (Å²) in [5.74, 6) is 3.10. The van der Waals surface area contributed by atoms with Crippen molar-refractivity contribution in [3.05, 3.63) is 89.4 Å². The van der Waals surface area contributed by atoms with E-state index in [-0.39, 0.29) is 17.4 Å². The molecule has 4 heterocycles.